The maximum atomic E-state index is 9.24. The second-order valence-electron chi connectivity index (χ2n) is 2.63. The van der Waals surface area contributed by atoms with E-state index in [2.05, 4.69) is 0 Å². The second kappa shape index (κ2) is 3.18. The highest BCUT2D eigenvalue weighted by atomic mass is 16.5. The molecule has 0 spiro atoms. The zero-order valence-corrected chi connectivity index (χ0v) is 5.84. The molecule has 1 saturated carbocycles. The molecule has 54 valence electrons. The molecule has 2 heteroatoms. The summed E-state index contributed by atoms with van der Waals surface area (Å²) in [5.41, 5.74) is 0. The van der Waals surface area contributed by atoms with Crippen LogP contribution < -0.4 is 0 Å². The van der Waals surface area contributed by atoms with E-state index in [0.717, 1.165) is 19.3 Å². The van der Waals surface area contributed by atoms with Gasteiger partial charge in [-0.25, -0.2) is 0 Å². The second-order valence-corrected chi connectivity index (χ2v) is 2.63. The van der Waals surface area contributed by atoms with Crippen molar-refractivity contribution in [3.05, 3.63) is 0 Å². The number of rotatable bonds is 1. The van der Waals surface area contributed by atoms with Gasteiger partial charge in [-0.1, -0.05) is 12.8 Å². The fourth-order valence-corrected chi connectivity index (χ4v) is 1.35. The minimum absolute atomic E-state index is 0.110. The predicted octanol–water partition coefficient (Wildman–Crippen LogP) is 0.936. The van der Waals surface area contributed by atoms with Crippen LogP contribution in [0.15, 0.2) is 0 Å². The lowest BCUT2D eigenvalue weighted by molar-refractivity contribution is -0.0359. The Balaban J connectivity index is 2.30. The summed E-state index contributed by atoms with van der Waals surface area (Å²) in [6.07, 6.45) is 4.20. The van der Waals surface area contributed by atoms with Gasteiger partial charge in [-0.15, -0.1) is 0 Å². The molecule has 1 rings (SSSR count). The highest BCUT2D eigenvalue weighted by Crippen LogP contribution is 2.19. The van der Waals surface area contributed by atoms with Crippen LogP contribution in [0.5, 0.6) is 0 Å². The number of hydrogen-bond acceptors (Lipinski definition) is 2. The van der Waals surface area contributed by atoms with E-state index in [4.69, 9.17) is 4.74 Å². The molecule has 0 amide bonds. The van der Waals surface area contributed by atoms with Crippen LogP contribution in [-0.4, -0.2) is 24.4 Å². The van der Waals surface area contributed by atoms with Crippen LogP contribution in [-0.2, 0) is 4.74 Å². The van der Waals surface area contributed by atoms with E-state index in [1.165, 1.54) is 6.42 Å². The van der Waals surface area contributed by atoms with Crippen LogP contribution in [0.1, 0.15) is 25.7 Å². The third kappa shape index (κ3) is 1.66. The molecule has 0 saturated heterocycles. The molecule has 1 unspecified atom stereocenters. The summed E-state index contributed by atoms with van der Waals surface area (Å²) in [5.74, 6) is 0. The Hall–Kier alpha value is -0.0800. The Morgan fingerprint density at radius 2 is 2.00 bits per heavy atom. The average Bonchev–Trinajstić information content (AvgIpc) is 1.89. The Bertz CT molecular complexity index is 83.0. The normalized spacial score (nSPS) is 36.7. The smallest absolute Gasteiger partial charge is 0.0830 e. The first-order valence-electron chi connectivity index (χ1n) is 3.55. The molecule has 0 heterocycles. The average molecular weight is 130 g/mol. The van der Waals surface area contributed by atoms with Gasteiger partial charge in [0.2, 0.25) is 0 Å². The minimum atomic E-state index is -0.205. The van der Waals surface area contributed by atoms with Crippen LogP contribution in [0.25, 0.3) is 0 Å². The van der Waals surface area contributed by atoms with Gasteiger partial charge in [0.05, 0.1) is 12.2 Å². The van der Waals surface area contributed by atoms with E-state index in [1.54, 1.807) is 7.11 Å². The number of hydrogen-bond donors (Lipinski definition) is 1. The molecule has 0 radical (unpaired) electrons. The molecule has 1 fully saturated rings. The Labute approximate surface area is 55.8 Å². The minimum Gasteiger partial charge on any atom is -0.390 e. The lowest BCUT2D eigenvalue weighted by Crippen LogP contribution is -2.30. The molecule has 1 aliphatic rings. The first-order chi connectivity index (χ1) is 4.34. The number of aliphatic hydroxyl groups is 1. The quantitative estimate of drug-likeness (QED) is 0.572. The third-order valence-corrected chi connectivity index (χ3v) is 1.97. The van der Waals surface area contributed by atoms with E-state index in [0.29, 0.717) is 0 Å². The molecular weight excluding hydrogens is 116 g/mol. The molecule has 0 aliphatic heterocycles. The van der Waals surface area contributed by atoms with Gasteiger partial charge < -0.3 is 9.84 Å². The topological polar surface area (TPSA) is 29.5 Å². The van der Waals surface area contributed by atoms with Crippen molar-refractivity contribution in [3.8, 4) is 0 Å². The van der Waals surface area contributed by atoms with Crippen molar-refractivity contribution >= 4 is 0 Å². The van der Waals surface area contributed by atoms with E-state index in [9.17, 15) is 5.11 Å². The van der Waals surface area contributed by atoms with Gasteiger partial charge in [-0.3, -0.25) is 0 Å². The summed E-state index contributed by atoms with van der Waals surface area (Å²) in [6.45, 7) is 0. The lowest BCUT2D eigenvalue weighted by atomic mass is 9.95. The van der Waals surface area contributed by atoms with Crippen LogP contribution in [0.2, 0.25) is 0 Å². The van der Waals surface area contributed by atoms with E-state index in [-0.39, 0.29) is 12.2 Å². The predicted molar refractivity (Wildman–Crippen MR) is 35.3 cm³/mol. The third-order valence-electron chi connectivity index (χ3n) is 1.97. The van der Waals surface area contributed by atoms with Crippen molar-refractivity contribution in [2.45, 2.75) is 37.9 Å². The van der Waals surface area contributed by atoms with Crippen molar-refractivity contribution in [1.29, 1.82) is 0 Å². The van der Waals surface area contributed by atoms with Crippen LogP contribution in [0.3, 0.4) is 0 Å². The highest BCUT2D eigenvalue weighted by molar-refractivity contribution is 4.73. The van der Waals surface area contributed by atoms with Gasteiger partial charge >= 0.3 is 0 Å². The van der Waals surface area contributed by atoms with Gasteiger partial charge in [0.15, 0.2) is 0 Å². The molecule has 0 aromatic carbocycles. The van der Waals surface area contributed by atoms with Crippen molar-refractivity contribution in [2.75, 3.05) is 7.11 Å². The molecule has 0 aromatic heterocycles. The molecule has 1 aliphatic carbocycles. The number of methoxy groups -OCH3 is 1. The fourth-order valence-electron chi connectivity index (χ4n) is 1.35. The van der Waals surface area contributed by atoms with Gasteiger partial charge in [0.25, 0.3) is 0 Å². The highest BCUT2D eigenvalue weighted by Gasteiger charge is 2.21. The SMILES string of the molecule is COC1CCCC[C@H]1O. The van der Waals surface area contributed by atoms with Gasteiger partial charge in [0.1, 0.15) is 0 Å². The monoisotopic (exact) mass is 130 g/mol. The fraction of sp³-hybridized carbons (Fsp3) is 1.00. The van der Waals surface area contributed by atoms with Crippen molar-refractivity contribution < 1.29 is 9.84 Å². The standard InChI is InChI=1S/C7H14O2/c1-9-7-5-3-2-4-6(7)8/h6-8H,2-5H2,1H3/t6-,7?/m1/s1. The van der Waals surface area contributed by atoms with Crippen LogP contribution >= 0.6 is 0 Å². The van der Waals surface area contributed by atoms with Crippen LogP contribution in [0, 0.1) is 0 Å². The van der Waals surface area contributed by atoms with Gasteiger partial charge in [-0.2, -0.15) is 0 Å². The van der Waals surface area contributed by atoms with E-state index >= 15 is 0 Å². The summed E-state index contributed by atoms with van der Waals surface area (Å²) in [6, 6.07) is 0. The first-order valence-corrected chi connectivity index (χ1v) is 3.55. The molecule has 0 bridgehead atoms. The Kier molecular flexibility index (Phi) is 2.49. The summed E-state index contributed by atoms with van der Waals surface area (Å²) in [5, 5.41) is 9.24. The molecule has 9 heavy (non-hydrogen) atoms. The maximum Gasteiger partial charge on any atom is 0.0830 e. The zero-order chi connectivity index (χ0) is 6.69. The summed E-state index contributed by atoms with van der Waals surface area (Å²) < 4.78 is 5.05. The largest absolute Gasteiger partial charge is 0.390 e. The number of ether oxygens (including phenoxy) is 1. The van der Waals surface area contributed by atoms with Crippen molar-refractivity contribution in [1.82, 2.24) is 0 Å². The Morgan fingerprint density at radius 3 is 2.44 bits per heavy atom. The number of aliphatic hydroxyl groups excluding tert-OH is 1. The summed E-state index contributed by atoms with van der Waals surface area (Å²) in [4.78, 5) is 0. The molecule has 0 aromatic rings. The van der Waals surface area contributed by atoms with E-state index in [1.807, 2.05) is 0 Å². The van der Waals surface area contributed by atoms with Gasteiger partial charge in [0, 0.05) is 7.11 Å². The summed E-state index contributed by atoms with van der Waals surface area (Å²) in [7, 11) is 1.67. The molecular formula is C7H14O2. The molecule has 2 nitrogen and oxygen atoms in total. The van der Waals surface area contributed by atoms with Gasteiger partial charge in [-0.05, 0) is 12.8 Å². The summed E-state index contributed by atoms with van der Waals surface area (Å²) >= 11 is 0. The zero-order valence-electron chi connectivity index (χ0n) is 5.84. The molecule has 2 atom stereocenters. The Morgan fingerprint density at radius 1 is 1.33 bits per heavy atom. The lowest BCUT2D eigenvalue weighted by Gasteiger charge is -2.25. The van der Waals surface area contributed by atoms with Crippen molar-refractivity contribution in [3.63, 3.8) is 0 Å². The maximum absolute atomic E-state index is 9.24. The van der Waals surface area contributed by atoms with Crippen molar-refractivity contribution in [2.24, 2.45) is 0 Å². The van der Waals surface area contributed by atoms with E-state index < -0.39 is 0 Å². The first kappa shape index (κ1) is 7.03. The molecule has 1 N–H and O–H groups in total. The van der Waals surface area contributed by atoms with Crippen LogP contribution in [0.4, 0.5) is 0 Å².